The standard InChI is InChI=1S/C14H20N2O/c1-10-9-12(16-7-2-3-8-16)11-5-4-6-13(17)14(11)15-10/h9,13,17H,2-8H2,1H3. The maximum absolute atomic E-state index is 10.1. The van der Waals surface area contributed by atoms with Crippen molar-refractivity contribution in [1.82, 2.24) is 4.98 Å². The summed E-state index contributed by atoms with van der Waals surface area (Å²) < 4.78 is 0. The molecule has 17 heavy (non-hydrogen) atoms. The summed E-state index contributed by atoms with van der Waals surface area (Å²) >= 11 is 0. The van der Waals surface area contributed by atoms with Gasteiger partial charge in [-0.1, -0.05) is 0 Å². The average molecular weight is 232 g/mol. The molecule has 2 heterocycles. The smallest absolute Gasteiger partial charge is 0.0963 e. The Hall–Kier alpha value is -1.09. The Balaban J connectivity index is 2.07. The summed E-state index contributed by atoms with van der Waals surface area (Å²) in [7, 11) is 0. The van der Waals surface area contributed by atoms with Gasteiger partial charge in [0.15, 0.2) is 0 Å². The molecule has 1 unspecified atom stereocenters. The molecule has 1 aliphatic carbocycles. The van der Waals surface area contributed by atoms with Crippen molar-refractivity contribution in [2.75, 3.05) is 18.0 Å². The summed E-state index contributed by atoms with van der Waals surface area (Å²) in [5, 5.41) is 10.1. The van der Waals surface area contributed by atoms with E-state index < -0.39 is 0 Å². The van der Waals surface area contributed by atoms with Crippen molar-refractivity contribution in [3.8, 4) is 0 Å². The highest BCUT2D eigenvalue weighted by Crippen LogP contribution is 2.36. The lowest BCUT2D eigenvalue weighted by Gasteiger charge is -2.28. The molecule has 3 heteroatoms. The molecule has 0 amide bonds. The number of fused-ring (bicyclic) bond motifs is 1. The minimum atomic E-state index is -0.347. The monoisotopic (exact) mass is 232 g/mol. The molecule has 92 valence electrons. The van der Waals surface area contributed by atoms with Crippen LogP contribution in [0, 0.1) is 6.92 Å². The van der Waals surface area contributed by atoms with E-state index in [-0.39, 0.29) is 6.10 Å². The molecule has 1 saturated heterocycles. The summed E-state index contributed by atoms with van der Waals surface area (Å²) in [6.45, 7) is 4.35. The van der Waals surface area contributed by atoms with Crippen molar-refractivity contribution in [3.05, 3.63) is 23.0 Å². The Morgan fingerprint density at radius 3 is 2.82 bits per heavy atom. The van der Waals surface area contributed by atoms with Gasteiger partial charge in [-0.05, 0) is 50.7 Å². The van der Waals surface area contributed by atoms with E-state index >= 15 is 0 Å². The number of nitrogens with zero attached hydrogens (tertiary/aromatic N) is 2. The van der Waals surface area contributed by atoms with Crippen LogP contribution in [0.15, 0.2) is 6.07 Å². The minimum absolute atomic E-state index is 0.347. The summed E-state index contributed by atoms with van der Waals surface area (Å²) in [5.41, 5.74) is 4.62. The molecular weight excluding hydrogens is 212 g/mol. The number of aromatic nitrogens is 1. The molecule has 0 radical (unpaired) electrons. The van der Waals surface area contributed by atoms with Gasteiger partial charge in [0.2, 0.25) is 0 Å². The Labute approximate surface area is 102 Å². The average Bonchev–Trinajstić information content (AvgIpc) is 2.83. The van der Waals surface area contributed by atoms with Crippen LogP contribution in [0.2, 0.25) is 0 Å². The number of aliphatic hydroxyl groups excluding tert-OH is 1. The third kappa shape index (κ3) is 1.93. The second kappa shape index (κ2) is 4.30. The molecular formula is C14H20N2O. The third-order valence-electron chi connectivity index (χ3n) is 3.93. The Kier molecular flexibility index (Phi) is 2.79. The Morgan fingerprint density at radius 1 is 1.29 bits per heavy atom. The van der Waals surface area contributed by atoms with Crippen molar-refractivity contribution in [1.29, 1.82) is 0 Å². The first-order valence-electron chi connectivity index (χ1n) is 6.69. The van der Waals surface area contributed by atoms with Gasteiger partial charge in [0.25, 0.3) is 0 Å². The van der Waals surface area contributed by atoms with Gasteiger partial charge in [-0.3, -0.25) is 4.98 Å². The number of hydrogen-bond donors (Lipinski definition) is 1. The molecule has 1 aromatic heterocycles. The van der Waals surface area contributed by atoms with E-state index in [2.05, 4.69) is 16.0 Å². The van der Waals surface area contributed by atoms with Crippen LogP contribution in [0.25, 0.3) is 0 Å². The maximum Gasteiger partial charge on any atom is 0.0963 e. The fourth-order valence-electron chi connectivity index (χ4n) is 3.09. The lowest BCUT2D eigenvalue weighted by molar-refractivity contribution is 0.151. The molecule has 1 aromatic rings. The third-order valence-corrected chi connectivity index (χ3v) is 3.93. The number of pyridine rings is 1. The van der Waals surface area contributed by atoms with Crippen LogP contribution in [-0.2, 0) is 6.42 Å². The van der Waals surface area contributed by atoms with Gasteiger partial charge >= 0.3 is 0 Å². The van der Waals surface area contributed by atoms with Crippen LogP contribution < -0.4 is 4.90 Å². The normalized spacial score (nSPS) is 23.9. The van der Waals surface area contributed by atoms with Gasteiger partial charge in [0, 0.05) is 24.5 Å². The first-order chi connectivity index (χ1) is 8.25. The van der Waals surface area contributed by atoms with Gasteiger partial charge in [0.1, 0.15) is 0 Å². The zero-order valence-electron chi connectivity index (χ0n) is 10.4. The van der Waals surface area contributed by atoms with Crippen molar-refractivity contribution in [2.24, 2.45) is 0 Å². The van der Waals surface area contributed by atoms with Crippen LogP contribution in [-0.4, -0.2) is 23.2 Å². The van der Waals surface area contributed by atoms with Crippen LogP contribution in [0.1, 0.15) is 48.7 Å². The maximum atomic E-state index is 10.1. The zero-order valence-corrected chi connectivity index (χ0v) is 10.4. The van der Waals surface area contributed by atoms with E-state index in [1.54, 1.807) is 0 Å². The molecule has 3 rings (SSSR count). The first kappa shape index (κ1) is 11.0. The van der Waals surface area contributed by atoms with Crippen LogP contribution in [0.4, 0.5) is 5.69 Å². The van der Waals surface area contributed by atoms with E-state index in [9.17, 15) is 5.11 Å². The van der Waals surface area contributed by atoms with Crippen molar-refractivity contribution >= 4 is 5.69 Å². The van der Waals surface area contributed by atoms with E-state index in [4.69, 9.17) is 0 Å². The topological polar surface area (TPSA) is 36.4 Å². The van der Waals surface area contributed by atoms with Crippen molar-refractivity contribution in [3.63, 3.8) is 0 Å². The number of hydrogen-bond acceptors (Lipinski definition) is 3. The van der Waals surface area contributed by atoms with Gasteiger partial charge in [-0.15, -0.1) is 0 Å². The van der Waals surface area contributed by atoms with Gasteiger partial charge in [-0.2, -0.15) is 0 Å². The van der Waals surface area contributed by atoms with E-state index in [0.717, 1.165) is 43.7 Å². The molecule has 1 aliphatic heterocycles. The van der Waals surface area contributed by atoms with Gasteiger partial charge in [0.05, 0.1) is 11.8 Å². The lowest BCUT2D eigenvalue weighted by atomic mass is 9.91. The molecule has 3 nitrogen and oxygen atoms in total. The highest BCUT2D eigenvalue weighted by molar-refractivity contribution is 5.57. The minimum Gasteiger partial charge on any atom is -0.387 e. The van der Waals surface area contributed by atoms with Gasteiger partial charge in [-0.25, -0.2) is 0 Å². The van der Waals surface area contributed by atoms with E-state index in [1.807, 2.05) is 6.92 Å². The number of aryl methyl sites for hydroxylation is 1. The number of aliphatic hydroxyl groups is 1. The Morgan fingerprint density at radius 2 is 2.06 bits per heavy atom. The van der Waals surface area contributed by atoms with Crippen molar-refractivity contribution < 1.29 is 5.11 Å². The second-order valence-electron chi connectivity index (χ2n) is 5.25. The van der Waals surface area contributed by atoms with Crippen LogP contribution in [0.3, 0.4) is 0 Å². The highest BCUT2D eigenvalue weighted by Gasteiger charge is 2.25. The van der Waals surface area contributed by atoms with Crippen LogP contribution >= 0.6 is 0 Å². The zero-order chi connectivity index (χ0) is 11.8. The lowest BCUT2D eigenvalue weighted by Crippen LogP contribution is -2.23. The molecule has 0 saturated carbocycles. The predicted octanol–water partition coefficient (Wildman–Crippen LogP) is 2.36. The highest BCUT2D eigenvalue weighted by atomic mass is 16.3. The molecule has 0 spiro atoms. The second-order valence-corrected chi connectivity index (χ2v) is 5.25. The molecule has 2 aliphatic rings. The van der Waals surface area contributed by atoms with Crippen LogP contribution in [0.5, 0.6) is 0 Å². The first-order valence-corrected chi connectivity index (χ1v) is 6.69. The summed E-state index contributed by atoms with van der Waals surface area (Å²) in [6, 6.07) is 2.20. The molecule has 0 bridgehead atoms. The fraction of sp³-hybridized carbons (Fsp3) is 0.643. The van der Waals surface area contributed by atoms with Crippen molar-refractivity contribution in [2.45, 2.75) is 45.1 Å². The SMILES string of the molecule is Cc1cc(N2CCCC2)c2c(n1)C(O)CCC2. The molecule has 1 N–H and O–H groups in total. The quantitative estimate of drug-likeness (QED) is 0.807. The summed E-state index contributed by atoms with van der Waals surface area (Å²) in [4.78, 5) is 7.01. The molecule has 1 fully saturated rings. The van der Waals surface area contributed by atoms with Gasteiger partial charge < -0.3 is 10.0 Å². The number of anilines is 1. The summed E-state index contributed by atoms with van der Waals surface area (Å²) in [6.07, 6.45) is 5.26. The fourth-order valence-corrected chi connectivity index (χ4v) is 3.09. The Bertz CT molecular complexity index is 424. The number of rotatable bonds is 1. The summed E-state index contributed by atoms with van der Waals surface area (Å²) in [5.74, 6) is 0. The molecule has 1 atom stereocenters. The largest absolute Gasteiger partial charge is 0.387 e. The van der Waals surface area contributed by atoms with E-state index in [1.165, 1.54) is 24.1 Å². The molecule has 0 aromatic carbocycles. The van der Waals surface area contributed by atoms with E-state index in [0.29, 0.717) is 0 Å². The predicted molar refractivity (Wildman–Crippen MR) is 68.3 cm³/mol.